The van der Waals surface area contributed by atoms with Crippen molar-refractivity contribution in [1.29, 1.82) is 0 Å². The molecule has 0 aromatic heterocycles. The maximum Gasteiger partial charge on any atom is 0.254 e. The van der Waals surface area contributed by atoms with Crippen molar-refractivity contribution in [1.82, 2.24) is 9.80 Å². The van der Waals surface area contributed by atoms with Crippen molar-refractivity contribution in [2.45, 2.75) is 56.7 Å². The molecule has 3 rings (SSSR count). The first-order valence-corrected chi connectivity index (χ1v) is 11.4. The van der Waals surface area contributed by atoms with Gasteiger partial charge in [-0.1, -0.05) is 37.8 Å². The molecule has 2 amide bonds. The van der Waals surface area contributed by atoms with Gasteiger partial charge in [-0.05, 0) is 43.5 Å². The predicted octanol–water partition coefficient (Wildman–Crippen LogP) is 4.82. The molecule has 148 valence electrons. The summed E-state index contributed by atoms with van der Waals surface area (Å²) < 4.78 is 0. The summed E-state index contributed by atoms with van der Waals surface area (Å²) in [5, 5.41) is 0.641. The zero-order chi connectivity index (χ0) is 19.3. The highest BCUT2D eigenvalue weighted by atomic mass is 35.5. The fraction of sp³-hybridized carbons (Fsp3) is 0.619. The Bertz CT molecular complexity index is 657. The molecule has 2 aliphatic heterocycles. The quantitative estimate of drug-likeness (QED) is 0.633. The van der Waals surface area contributed by atoms with E-state index in [0.29, 0.717) is 17.0 Å². The Morgan fingerprint density at radius 2 is 1.78 bits per heavy atom. The second kappa shape index (κ2) is 9.33. The summed E-state index contributed by atoms with van der Waals surface area (Å²) in [6.45, 7) is 4.47. The third-order valence-electron chi connectivity index (χ3n) is 5.66. The molecule has 2 saturated heterocycles. The first-order chi connectivity index (χ1) is 13.1. The van der Waals surface area contributed by atoms with Gasteiger partial charge >= 0.3 is 0 Å². The Hall–Kier alpha value is -1.20. The van der Waals surface area contributed by atoms with Gasteiger partial charge in [-0.3, -0.25) is 9.59 Å². The molecule has 0 N–H and O–H groups in total. The number of piperidine rings is 1. The Morgan fingerprint density at radius 1 is 1.07 bits per heavy atom. The smallest absolute Gasteiger partial charge is 0.254 e. The molecule has 1 aromatic rings. The lowest BCUT2D eigenvalue weighted by molar-refractivity contribution is -0.132. The fourth-order valence-electron chi connectivity index (χ4n) is 4.02. The van der Waals surface area contributed by atoms with Crippen LogP contribution in [-0.4, -0.2) is 51.9 Å². The van der Waals surface area contributed by atoms with Gasteiger partial charge in [0.1, 0.15) is 0 Å². The van der Waals surface area contributed by atoms with Crippen LogP contribution in [0.5, 0.6) is 0 Å². The number of unbranched alkanes of at least 4 members (excludes halogenated alkanes) is 3. The number of halogens is 1. The minimum Gasteiger partial charge on any atom is -0.342 e. The average molecular weight is 409 g/mol. The molecule has 0 aliphatic carbocycles. The SMILES string of the molecule is CCCCCCC(=O)N1CCC2(CC1)SCCN2C(=O)c1ccc(Cl)cc1. The summed E-state index contributed by atoms with van der Waals surface area (Å²) in [6.07, 6.45) is 6.90. The van der Waals surface area contributed by atoms with E-state index in [1.165, 1.54) is 12.8 Å². The van der Waals surface area contributed by atoms with E-state index in [0.717, 1.165) is 51.1 Å². The maximum atomic E-state index is 13.0. The predicted molar refractivity (Wildman–Crippen MR) is 112 cm³/mol. The van der Waals surface area contributed by atoms with Crippen molar-refractivity contribution >= 4 is 35.2 Å². The standard InChI is InChI=1S/C21H29ClN2O2S/c1-2-3-4-5-6-19(25)23-13-11-21(12-14-23)24(15-16-27-21)20(26)17-7-9-18(22)10-8-17/h7-10H,2-6,11-16H2,1H3. The number of hydrogen-bond acceptors (Lipinski definition) is 3. The zero-order valence-corrected chi connectivity index (χ0v) is 17.7. The molecule has 2 aliphatic rings. The van der Waals surface area contributed by atoms with E-state index in [2.05, 4.69) is 6.92 Å². The summed E-state index contributed by atoms with van der Waals surface area (Å²) in [4.78, 5) is 29.4. The molecule has 0 bridgehead atoms. The third-order valence-corrected chi connectivity index (χ3v) is 7.46. The Labute approximate surface area is 171 Å². The summed E-state index contributed by atoms with van der Waals surface area (Å²) >= 11 is 7.83. The van der Waals surface area contributed by atoms with E-state index in [1.54, 1.807) is 24.3 Å². The van der Waals surface area contributed by atoms with Crippen molar-refractivity contribution in [3.8, 4) is 0 Å². The average Bonchev–Trinajstić information content (AvgIpc) is 3.08. The lowest BCUT2D eigenvalue weighted by Gasteiger charge is -2.44. The number of amides is 2. The Balaban J connectivity index is 1.58. The topological polar surface area (TPSA) is 40.6 Å². The van der Waals surface area contributed by atoms with Gasteiger partial charge in [-0.2, -0.15) is 0 Å². The van der Waals surface area contributed by atoms with Crippen LogP contribution >= 0.6 is 23.4 Å². The van der Waals surface area contributed by atoms with Crippen LogP contribution in [-0.2, 0) is 4.79 Å². The number of carbonyl (C=O) groups is 2. The van der Waals surface area contributed by atoms with Crippen LogP contribution < -0.4 is 0 Å². The molecular weight excluding hydrogens is 380 g/mol. The van der Waals surface area contributed by atoms with Crippen LogP contribution in [0.25, 0.3) is 0 Å². The van der Waals surface area contributed by atoms with E-state index in [9.17, 15) is 9.59 Å². The number of likely N-dealkylation sites (tertiary alicyclic amines) is 1. The second-order valence-corrected chi connectivity index (χ2v) is 9.34. The third kappa shape index (κ3) is 4.80. The van der Waals surface area contributed by atoms with E-state index < -0.39 is 0 Å². The van der Waals surface area contributed by atoms with Gasteiger partial charge in [-0.25, -0.2) is 0 Å². The molecule has 0 unspecified atom stereocenters. The molecule has 1 aromatic carbocycles. The van der Waals surface area contributed by atoms with Gasteiger partial charge in [-0.15, -0.1) is 11.8 Å². The minimum atomic E-state index is -0.157. The van der Waals surface area contributed by atoms with Gasteiger partial charge in [0.15, 0.2) is 0 Å². The highest BCUT2D eigenvalue weighted by molar-refractivity contribution is 8.00. The molecule has 2 heterocycles. The number of rotatable bonds is 6. The zero-order valence-electron chi connectivity index (χ0n) is 16.1. The molecule has 4 nitrogen and oxygen atoms in total. The van der Waals surface area contributed by atoms with Crippen molar-refractivity contribution in [2.75, 3.05) is 25.4 Å². The van der Waals surface area contributed by atoms with E-state index in [-0.39, 0.29) is 16.7 Å². The van der Waals surface area contributed by atoms with Gasteiger partial charge < -0.3 is 9.80 Å². The van der Waals surface area contributed by atoms with Crippen molar-refractivity contribution in [3.05, 3.63) is 34.9 Å². The molecule has 6 heteroatoms. The Kier molecular flexibility index (Phi) is 7.10. The van der Waals surface area contributed by atoms with Crippen LogP contribution in [0.3, 0.4) is 0 Å². The number of benzene rings is 1. The number of carbonyl (C=O) groups excluding carboxylic acids is 2. The first-order valence-electron chi connectivity index (χ1n) is 10.0. The van der Waals surface area contributed by atoms with Gasteiger partial charge in [0.25, 0.3) is 5.91 Å². The lowest BCUT2D eigenvalue weighted by Crippen LogP contribution is -2.53. The maximum absolute atomic E-state index is 13.0. The number of hydrogen-bond donors (Lipinski definition) is 0. The summed E-state index contributed by atoms with van der Waals surface area (Å²) in [6, 6.07) is 7.14. The second-order valence-electron chi connectivity index (χ2n) is 7.45. The van der Waals surface area contributed by atoms with Gasteiger partial charge in [0, 0.05) is 42.4 Å². The van der Waals surface area contributed by atoms with Crippen molar-refractivity contribution in [3.63, 3.8) is 0 Å². The van der Waals surface area contributed by atoms with Crippen molar-refractivity contribution < 1.29 is 9.59 Å². The molecule has 27 heavy (non-hydrogen) atoms. The minimum absolute atomic E-state index is 0.0796. The van der Waals surface area contributed by atoms with Crippen molar-refractivity contribution in [2.24, 2.45) is 0 Å². The Morgan fingerprint density at radius 3 is 2.44 bits per heavy atom. The van der Waals surface area contributed by atoms with Crippen LogP contribution in [0.15, 0.2) is 24.3 Å². The van der Waals surface area contributed by atoms with Gasteiger partial charge in [0.05, 0.1) is 4.87 Å². The van der Waals surface area contributed by atoms with Crippen LogP contribution in [0, 0.1) is 0 Å². The molecule has 1 spiro atoms. The fourth-order valence-corrected chi connectivity index (χ4v) is 5.61. The number of nitrogens with zero attached hydrogens (tertiary/aromatic N) is 2. The normalized spacial score (nSPS) is 18.9. The van der Waals surface area contributed by atoms with Crippen LogP contribution in [0.2, 0.25) is 5.02 Å². The monoisotopic (exact) mass is 408 g/mol. The van der Waals surface area contributed by atoms with Crippen LogP contribution in [0.4, 0.5) is 0 Å². The van der Waals surface area contributed by atoms with E-state index in [1.807, 2.05) is 21.6 Å². The summed E-state index contributed by atoms with van der Waals surface area (Å²) in [5.74, 6) is 1.32. The number of thioether (sulfide) groups is 1. The summed E-state index contributed by atoms with van der Waals surface area (Å²) in [5.41, 5.74) is 0.690. The molecular formula is C21H29ClN2O2S. The molecule has 0 radical (unpaired) electrons. The highest BCUT2D eigenvalue weighted by Gasteiger charge is 2.46. The first kappa shape index (κ1) is 20.5. The van der Waals surface area contributed by atoms with E-state index in [4.69, 9.17) is 11.6 Å². The largest absolute Gasteiger partial charge is 0.342 e. The van der Waals surface area contributed by atoms with Crippen LogP contribution in [0.1, 0.15) is 62.2 Å². The highest BCUT2D eigenvalue weighted by Crippen LogP contribution is 2.44. The molecule has 0 saturated carbocycles. The van der Waals surface area contributed by atoms with Gasteiger partial charge in [0.2, 0.25) is 5.91 Å². The lowest BCUT2D eigenvalue weighted by atomic mass is 10.00. The molecule has 0 atom stereocenters. The molecule has 2 fully saturated rings. The summed E-state index contributed by atoms with van der Waals surface area (Å²) in [7, 11) is 0. The van der Waals surface area contributed by atoms with E-state index >= 15 is 0 Å².